The number of unbranched alkanes of at least 4 members (excludes halogenated alkanes) is 6. The van der Waals surface area contributed by atoms with Gasteiger partial charge in [-0.15, -0.1) is 0 Å². The number of alkyl halides is 1. The monoisotopic (exact) mass is 482 g/mol. The molecule has 1 aliphatic rings. The lowest BCUT2D eigenvalue weighted by molar-refractivity contribution is -0.206. The fraction of sp³-hybridized carbons (Fsp3) is 0.625. The van der Waals surface area contributed by atoms with Crippen molar-refractivity contribution in [3.63, 3.8) is 0 Å². The first-order valence-corrected chi connectivity index (χ1v) is 14.3. The van der Waals surface area contributed by atoms with Gasteiger partial charge in [-0.25, -0.2) is 4.39 Å². The van der Waals surface area contributed by atoms with Crippen molar-refractivity contribution in [2.24, 2.45) is 5.92 Å². The lowest BCUT2D eigenvalue weighted by Crippen LogP contribution is -2.27. The Kier molecular flexibility index (Phi) is 12.8. The number of rotatable bonds is 16. The molecule has 2 nitrogen and oxygen atoms in total. The van der Waals surface area contributed by atoms with Crippen molar-refractivity contribution >= 4 is 0 Å². The third kappa shape index (κ3) is 10.1. The van der Waals surface area contributed by atoms with E-state index in [4.69, 9.17) is 9.47 Å². The summed E-state index contributed by atoms with van der Waals surface area (Å²) in [5, 5.41) is 0. The first-order valence-electron chi connectivity index (χ1n) is 14.3. The molecule has 1 atom stereocenters. The molecule has 194 valence electrons. The largest absolute Gasteiger partial charge is 0.348 e. The Morgan fingerprint density at radius 2 is 1.34 bits per heavy atom. The van der Waals surface area contributed by atoms with Gasteiger partial charge >= 0.3 is 0 Å². The minimum atomic E-state index is -0.624. The molecule has 0 bridgehead atoms. The average molecular weight is 483 g/mol. The van der Waals surface area contributed by atoms with Gasteiger partial charge in [-0.3, -0.25) is 0 Å². The number of benzene rings is 2. The van der Waals surface area contributed by atoms with E-state index in [0.29, 0.717) is 18.8 Å². The van der Waals surface area contributed by atoms with Gasteiger partial charge in [-0.05, 0) is 48.8 Å². The fourth-order valence-corrected chi connectivity index (χ4v) is 4.96. The van der Waals surface area contributed by atoms with Crippen LogP contribution in [0.4, 0.5) is 4.39 Å². The summed E-state index contributed by atoms with van der Waals surface area (Å²) in [4.78, 5) is 0. The van der Waals surface area contributed by atoms with Gasteiger partial charge in [0.1, 0.15) is 6.17 Å². The van der Waals surface area contributed by atoms with Crippen molar-refractivity contribution in [2.75, 3.05) is 13.2 Å². The third-order valence-corrected chi connectivity index (χ3v) is 7.24. The molecular formula is C32H47FO2. The van der Waals surface area contributed by atoms with Crippen molar-refractivity contribution in [1.82, 2.24) is 0 Å². The molecule has 1 saturated heterocycles. The summed E-state index contributed by atoms with van der Waals surface area (Å²) in [6.45, 7) is 5.91. The number of ether oxygens (including phenoxy) is 2. The van der Waals surface area contributed by atoms with Crippen LogP contribution in [-0.4, -0.2) is 19.4 Å². The summed E-state index contributed by atoms with van der Waals surface area (Å²) in [6, 6.07) is 17.4. The molecular weight excluding hydrogens is 435 g/mol. The summed E-state index contributed by atoms with van der Waals surface area (Å²) in [5.41, 5.74) is 4.85. The van der Waals surface area contributed by atoms with E-state index in [1.54, 1.807) is 0 Å². The predicted molar refractivity (Wildman–Crippen MR) is 145 cm³/mol. The van der Waals surface area contributed by atoms with Crippen LogP contribution in [-0.2, 0) is 15.9 Å². The van der Waals surface area contributed by atoms with Gasteiger partial charge in [0.2, 0.25) is 0 Å². The quantitative estimate of drug-likeness (QED) is 0.222. The molecule has 2 aromatic carbocycles. The van der Waals surface area contributed by atoms with Crippen molar-refractivity contribution in [3.8, 4) is 11.1 Å². The Hall–Kier alpha value is -1.71. The molecule has 1 fully saturated rings. The molecule has 2 aromatic rings. The van der Waals surface area contributed by atoms with Gasteiger partial charge in [0.15, 0.2) is 6.29 Å². The van der Waals surface area contributed by atoms with Crippen LogP contribution in [0, 0.1) is 5.92 Å². The molecule has 3 rings (SSSR count). The number of aryl methyl sites for hydroxylation is 1. The zero-order chi connectivity index (χ0) is 24.7. The van der Waals surface area contributed by atoms with Crippen molar-refractivity contribution in [3.05, 3.63) is 59.7 Å². The summed E-state index contributed by atoms with van der Waals surface area (Å²) in [7, 11) is 0. The number of hydrogen-bond acceptors (Lipinski definition) is 2. The fourth-order valence-electron chi connectivity index (χ4n) is 4.96. The maximum Gasteiger partial charge on any atom is 0.183 e. The average Bonchev–Trinajstić information content (AvgIpc) is 2.90. The highest BCUT2D eigenvalue weighted by molar-refractivity contribution is 5.64. The van der Waals surface area contributed by atoms with E-state index in [9.17, 15) is 4.39 Å². The predicted octanol–water partition coefficient (Wildman–Crippen LogP) is 9.62. The van der Waals surface area contributed by atoms with Crippen molar-refractivity contribution in [2.45, 2.75) is 110 Å². The van der Waals surface area contributed by atoms with Crippen LogP contribution in [0.15, 0.2) is 48.5 Å². The van der Waals surface area contributed by atoms with E-state index in [1.165, 1.54) is 61.6 Å². The topological polar surface area (TPSA) is 18.5 Å². The molecule has 1 aliphatic heterocycles. The summed E-state index contributed by atoms with van der Waals surface area (Å²) < 4.78 is 25.7. The highest BCUT2D eigenvalue weighted by Gasteiger charge is 2.23. The van der Waals surface area contributed by atoms with Gasteiger partial charge < -0.3 is 9.47 Å². The van der Waals surface area contributed by atoms with E-state index in [1.807, 2.05) is 6.92 Å². The van der Waals surface area contributed by atoms with Crippen LogP contribution >= 0.6 is 0 Å². The Morgan fingerprint density at radius 1 is 0.714 bits per heavy atom. The standard InChI is InChI=1S/C32H47FO2/c1-3-5-6-7-8-9-14-27-24-34-32(35-25-27)30-22-20-29(21-23-30)28-18-16-26(17-19-28)13-10-11-15-31(33)12-4-2/h16-23,27,31-32H,3-15,24-25H2,1-2H3. The molecule has 0 saturated carbocycles. The smallest absolute Gasteiger partial charge is 0.183 e. The third-order valence-electron chi connectivity index (χ3n) is 7.24. The van der Waals surface area contributed by atoms with E-state index in [2.05, 4.69) is 55.5 Å². The van der Waals surface area contributed by atoms with E-state index < -0.39 is 6.17 Å². The summed E-state index contributed by atoms with van der Waals surface area (Å²) in [5.74, 6) is 0.532. The first-order chi connectivity index (χ1) is 17.2. The van der Waals surface area contributed by atoms with Crippen LogP contribution < -0.4 is 0 Å². The molecule has 1 unspecified atom stereocenters. The maximum atomic E-state index is 13.6. The zero-order valence-electron chi connectivity index (χ0n) is 22.2. The summed E-state index contributed by atoms with van der Waals surface area (Å²) >= 11 is 0. The minimum absolute atomic E-state index is 0.242. The Labute approximate surface area is 213 Å². The number of halogens is 1. The normalized spacial score (nSPS) is 19.1. The van der Waals surface area contributed by atoms with E-state index in [-0.39, 0.29) is 6.29 Å². The Balaban J connectivity index is 1.37. The van der Waals surface area contributed by atoms with Gasteiger partial charge in [-0.2, -0.15) is 0 Å². The number of hydrogen-bond donors (Lipinski definition) is 0. The molecule has 0 amide bonds. The lowest BCUT2D eigenvalue weighted by Gasteiger charge is -2.29. The Morgan fingerprint density at radius 3 is 2.00 bits per heavy atom. The van der Waals surface area contributed by atoms with Gasteiger partial charge in [0, 0.05) is 11.5 Å². The lowest BCUT2D eigenvalue weighted by atomic mass is 9.99. The van der Waals surface area contributed by atoms with Crippen LogP contribution in [0.2, 0.25) is 0 Å². The molecule has 0 aliphatic carbocycles. The molecule has 0 N–H and O–H groups in total. The molecule has 0 aromatic heterocycles. The highest BCUT2D eigenvalue weighted by atomic mass is 19.1. The summed E-state index contributed by atoms with van der Waals surface area (Å²) in [6.07, 6.45) is 13.8. The second kappa shape index (κ2) is 16.1. The van der Waals surface area contributed by atoms with E-state index in [0.717, 1.165) is 44.5 Å². The highest BCUT2D eigenvalue weighted by Crippen LogP contribution is 2.29. The van der Waals surface area contributed by atoms with Crippen LogP contribution in [0.5, 0.6) is 0 Å². The minimum Gasteiger partial charge on any atom is -0.348 e. The van der Waals surface area contributed by atoms with Crippen molar-refractivity contribution < 1.29 is 13.9 Å². The van der Waals surface area contributed by atoms with Crippen molar-refractivity contribution in [1.29, 1.82) is 0 Å². The molecule has 35 heavy (non-hydrogen) atoms. The molecule has 0 spiro atoms. The second-order valence-corrected chi connectivity index (χ2v) is 10.4. The van der Waals surface area contributed by atoms with Crippen LogP contribution in [0.1, 0.15) is 108 Å². The van der Waals surface area contributed by atoms with Gasteiger partial charge in [-0.1, -0.05) is 114 Å². The molecule has 1 heterocycles. The second-order valence-electron chi connectivity index (χ2n) is 10.4. The van der Waals surface area contributed by atoms with Gasteiger partial charge in [0.25, 0.3) is 0 Å². The maximum absolute atomic E-state index is 13.6. The van der Waals surface area contributed by atoms with Gasteiger partial charge in [0.05, 0.1) is 13.2 Å². The Bertz CT molecular complexity index is 793. The van der Waals surface area contributed by atoms with E-state index >= 15 is 0 Å². The molecule has 3 heteroatoms. The molecule has 0 radical (unpaired) electrons. The van der Waals surface area contributed by atoms with Crippen LogP contribution in [0.3, 0.4) is 0 Å². The van der Waals surface area contributed by atoms with Crippen LogP contribution in [0.25, 0.3) is 11.1 Å². The zero-order valence-corrected chi connectivity index (χ0v) is 22.2. The first kappa shape index (κ1) is 27.9. The SMILES string of the molecule is CCCCCCCCC1COC(c2ccc(-c3ccc(CCCCC(F)CCC)cc3)cc2)OC1.